The van der Waals surface area contributed by atoms with E-state index in [9.17, 15) is 19.2 Å². The molecule has 1 atom stereocenters. The summed E-state index contributed by atoms with van der Waals surface area (Å²) in [4.78, 5) is 56.3. The molecule has 1 unspecified atom stereocenters. The fraction of sp³-hybridized carbons (Fsp3) is 0.286. The van der Waals surface area contributed by atoms with E-state index in [1.807, 2.05) is 0 Å². The van der Waals surface area contributed by atoms with Crippen LogP contribution in [0.1, 0.15) is 40.2 Å². The van der Waals surface area contributed by atoms with E-state index in [1.54, 1.807) is 37.4 Å². The fourth-order valence-electron chi connectivity index (χ4n) is 3.28. The number of aromatic amines is 2. The second-order valence-electron chi connectivity index (χ2n) is 7.18. The Morgan fingerprint density at radius 3 is 2.48 bits per heavy atom. The number of H-pyrrole nitrogens is 2. The van der Waals surface area contributed by atoms with Crippen molar-refractivity contribution in [3.05, 3.63) is 63.3 Å². The lowest BCUT2D eigenvalue weighted by Crippen LogP contribution is -2.41. The first-order chi connectivity index (χ1) is 14.7. The first-order valence-electron chi connectivity index (χ1n) is 9.66. The Morgan fingerprint density at radius 2 is 1.84 bits per heavy atom. The molecule has 2 heterocycles. The lowest BCUT2D eigenvalue weighted by atomic mass is 10.0. The van der Waals surface area contributed by atoms with E-state index < -0.39 is 23.9 Å². The molecular formula is C21H22N4O6. The van der Waals surface area contributed by atoms with Crippen LogP contribution in [0, 0.1) is 6.92 Å². The Hall–Kier alpha value is -3.95. The summed E-state index contributed by atoms with van der Waals surface area (Å²) in [6, 6.07) is 5.38. The molecule has 10 heteroatoms. The number of rotatable bonds is 9. The number of nitrogens with zero attached hydrogens (tertiary/aromatic N) is 1. The maximum absolute atomic E-state index is 12.3. The maximum atomic E-state index is 12.3. The topological polar surface area (TPSA) is 165 Å². The summed E-state index contributed by atoms with van der Waals surface area (Å²) in [6.07, 6.45) is 2.42. The summed E-state index contributed by atoms with van der Waals surface area (Å²) in [5, 5.41) is 20.7. The van der Waals surface area contributed by atoms with Crippen LogP contribution >= 0.6 is 0 Å². The molecule has 3 rings (SSSR count). The van der Waals surface area contributed by atoms with Crippen molar-refractivity contribution in [2.75, 3.05) is 0 Å². The fourth-order valence-corrected chi connectivity index (χ4v) is 3.28. The number of aryl methyl sites for hydroxylation is 3. The smallest absolute Gasteiger partial charge is 0.326 e. The average Bonchev–Trinajstić information content (AvgIpc) is 3.12. The van der Waals surface area contributed by atoms with Gasteiger partial charge in [-0.1, -0.05) is 12.1 Å². The van der Waals surface area contributed by atoms with Crippen LogP contribution in [-0.4, -0.2) is 49.1 Å². The predicted molar refractivity (Wildman–Crippen MR) is 111 cm³/mol. The van der Waals surface area contributed by atoms with Crippen LogP contribution in [0.5, 0.6) is 0 Å². The van der Waals surface area contributed by atoms with Crippen molar-refractivity contribution in [2.45, 2.75) is 38.6 Å². The SMILES string of the molecule is Cc1nc2[nH]cc(CCc3ccc(C(=O)NC(CCC(=O)O)C(=O)O)cc3)c2c(=O)[nH]1. The standard InChI is InChI=1S/C21H22N4O6/c1-11-23-18-17(20(29)24-11)14(10-22-18)7-4-12-2-5-13(6-3-12)19(28)25-15(21(30)31)8-9-16(26)27/h2-3,5-6,10,15H,4,7-9H2,1H3,(H,25,28)(H,26,27)(H,30,31)(H2,22,23,24,29). The first-order valence-corrected chi connectivity index (χ1v) is 9.66. The number of carbonyl (C=O) groups excluding carboxylic acids is 1. The van der Waals surface area contributed by atoms with Gasteiger partial charge >= 0.3 is 11.9 Å². The second kappa shape index (κ2) is 9.24. The van der Waals surface area contributed by atoms with Crippen molar-refractivity contribution in [1.29, 1.82) is 0 Å². The minimum Gasteiger partial charge on any atom is -0.481 e. The Morgan fingerprint density at radius 1 is 1.13 bits per heavy atom. The van der Waals surface area contributed by atoms with Gasteiger partial charge in [-0.05, 0) is 49.4 Å². The molecule has 0 aliphatic rings. The third-order valence-corrected chi connectivity index (χ3v) is 4.89. The normalized spacial score (nSPS) is 11.9. The molecule has 0 fully saturated rings. The molecule has 5 N–H and O–H groups in total. The number of nitrogens with one attached hydrogen (secondary N) is 3. The van der Waals surface area contributed by atoms with E-state index in [1.165, 1.54) is 0 Å². The number of aromatic nitrogens is 3. The molecule has 31 heavy (non-hydrogen) atoms. The largest absolute Gasteiger partial charge is 0.481 e. The number of aliphatic carboxylic acids is 2. The van der Waals surface area contributed by atoms with Crippen molar-refractivity contribution in [2.24, 2.45) is 0 Å². The number of benzene rings is 1. The van der Waals surface area contributed by atoms with Gasteiger partial charge in [-0.15, -0.1) is 0 Å². The van der Waals surface area contributed by atoms with Gasteiger partial charge < -0.3 is 25.5 Å². The van der Waals surface area contributed by atoms with Crippen LogP contribution in [0.4, 0.5) is 0 Å². The zero-order valence-electron chi connectivity index (χ0n) is 16.8. The molecule has 3 aromatic rings. The van der Waals surface area contributed by atoms with Gasteiger partial charge in [0.25, 0.3) is 11.5 Å². The van der Waals surface area contributed by atoms with Crippen LogP contribution in [0.15, 0.2) is 35.3 Å². The zero-order valence-corrected chi connectivity index (χ0v) is 16.8. The second-order valence-corrected chi connectivity index (χ2v) is 7.18. The number of hydrogen-bond acceptors (Lipinski definition) is 5. The highest BCUT2D eigenvalue weighted by molar-refractivity contribution is 5.96. The van der Waals surface area contributed by atoms with Gasteiger partial charge in [-0.3, -0.25) is 14.4 Å². The maximum Gasteiger partial charge on any atom is 0.326 e. The molecule has 0 radical (unpaired) electrons. The lowest BCUT2D eigenvalue weighted by Gasteiger charge is -2.13. The minimum absolute atomic E-state index is 0.193. The van der Waals surface area contributed by atoms with Crippen LogP contribution < -0.4 is 10.9 Å². The summed E-state index contributed by atoms with van der Waals surface area (Å²) in [5.41, 5.74) is 2.39. The molecule has 0 aliphatic carbocycles. The van der Waals surface area contributed by atoms with Crippen LogP contribution in [0.25, 0.3) is 11.0 Å². The van der Waals surface area contributed by atoms with Crippen molar-refractivity contribution < 1.29 is 24.6 Å². The van der Waals surface area contributed by atoms with Crippen molar-refractivity contribution in [3.63, 3.8) is 0 Å². The third kappa shape index (κ3) is 5.35. The van der Waals surface area contributed by atoms with Crippen molar-refractivity contribution >= 4 is 28.9 Å². The van der Waals surface area contributed by atoms with Crippen LogP contribution in [-0.2, 0) is 22.4 Å². The molecule has 0 aliphatic heterocycles. The van der Waals surface area contributed by atoms with Crippen LogP contribution in [0.3, 0.4) is 0 Å². The Bertz CT molecular complexity index is 1180. The highest BCUT2D eigenvalue weighted by atomic mass is 16.4. The highest BCUT2D eigenvalue weighted by Gasteiger charge is 2.21. The summed E-state index contributed by atoms with van der Waals surface area (Å²) < 4.78 is 0. The van der Waals surface area contributed by atoms with Gasteiger partial charge in [0.15, 0.2) is 0 Å². The lowest BCUT2D eigenvalue weighted by molar-refractivity contribution is -0.140. The molecule has 162 valence electrons. The van der Waals surface area contributed by atoms with Gasteiger partial charge in [-0.2, -0.15) is 0 Å². The molecular weight excluding hydrogens is 404 g/mol. The number of amides is 1. The summed E-state index contributed by atoms with van der Waals surface area (Å²) >= 11 is 0. The Kier molecular flexibility index (Phi) is 6.49. The summed E-state index contributed by atoms with van der Waals surface area (Å²) in [6.45, 7) is 1.71. The molecule has 0 saturated carbocycles. The first kappa shape index (κ1) is 21.8. The van der Waals surface area contributed by atoms with E-state index in [2.05, 4.69) is 20.3 Å². The monoisotopic (exact) mass is 426 g/mol. The number of carbonyl (C=O) groups is 3. The summed E-state index contributed by atoms with van der Waals surface area (Å²) in [5.74, 6) is -2.47. The van der Waals surface area contributed by atoms with Gasteiger partial charge in [0.05, 0.1) is 5.39 Å². The number of carboxylic acid groups (broad SMARTS) is 2. The molecule has 0 saturated heterocycles. The molecule has 0 spiro atoms. The van der Waals surface area contributed by atoms with Crippen molar-refractivity contribution in [3.8, 4) is 0 Å². The van der Waals surface area contributed by atoms with E-state index in [0.29, 0.717) is 29.7 Å². The molecule has 2 aromatic heterocycles. The molecule has 10 nitrogen and oxygen atoms in total. The van der Waals surface area contributed by atoms with Gasteiger partial charge in [0, 0.05) is 18.2 Å². The quantitative estimate of drug-likeness (QED) is 0.345. The van der Waals surface area contributed by atoms with Gasteiger partial charge in [0.2, 0.25) is 0 Å². The van der Waals surface area contributed by atoms with E-state index in [-0.39, 0.29) is 24.0 Å². The molecule has 1 amide bonds. The highest BCUT2D eigenvalue weighted by Crippen LogP contribution is 2.15. The third-order valence-electron chi connectivity index (χ3n) is 4.89. The van der Waals surface area contributed by atoms with Crippen LogP contribution in [0.2, 0.25) is 0 Å². The molecule has 1 aromatic carbocycles. The predicted octanol–water partition coefficient (Wildman–Crippen LogP) is 1.39. The number of hydrogen-bond donors (Lipinski definition) is 5. The van der Waals surface area contributed by atoms with Gasteiger partial charge in [0.1, 0.15) is 17.5 Å². The number of carboxylic acids is 2. The van der Waals surface area contributed by atoms with Gasteiger partial charge in [-0.25, -0.2) is 9.78 Å². The number of fused-ring (bicyclic) bond motifs is 1. The zero-order chi connectivity index (χ0) is 22.5. The van der Waals surface area contributed by atoms with E-state index >= 15 is 0 Å². The Labute approximate surface area is 176 Å². The molecule has 0 bridgehead atoms. The summed E-state index contributed by atoms with van der Waals surface area (Å²) in [7, 11) is 0. The average molecular weight is 426 g/mol. The van der Waals surface area contributed by atoms with E-state index in [0.717, 1.165) is 11.1 Å². The Balaban J connectivity index is 1.64. The minimum atomic E-state index is -1.29. The van der Waals surface area contributed by atoms with E-state index in [4.69, 9.17) is 10.2 Å². The van der Waals surface area contributed by atoms with Crippen molar-refractivity contribution in [1.82, 2.24) is 20.3 Å².